The van der Waals surface area contributed by atoms with Crippen LogP contribution in [0.4, 0.5) is 0 Å². The molecule has 1 aromatic rings. The normalized spacial score (nSPS) is 17.7. The van der Waals surface area contributed by atoms with Gasteiger partial charge in [0.25, 0.3) is 15.9 Å². The van der Waals surface area contributed by atoms with E-state index in [9.17, 15) is 13.2 Å². The van der Waals surface area contributed by atoms with Crippen molar-refractivity contribution in [1.29, 1.82) is 0 Å². The summed E-state index contributed by atoms with van der Waals surface area (Å²) in [6, 6.07) is 4.90. The minimum atomic E-state index is -3.66. The van der Waals surface area contributed by atoms with Gasteiger partial charge in [0.1, 0.15) is 4.90 Å². The van der Waals surface area contributed by atoms with Crippen molar-refractivity contribution in [2.45, 2.75) is 32.1 Å². The highest BCUT2D eigenvalue weighted by Gasteiger charge is 2.41. The molecule has 0 aromatic heterocycles. The standard InChI is InChI=1S/C13H16INO3S/c1-13(2,3)6-7-15-12(16)10-5-4-9(14)8-11(10)19(15,17)18/h4-5,8H,6-7H2,1-3H3. The van der Waals surface area contributed by atoms with E-state index in [4.69, 9.17) is 0 Å². The first-order chi connectivity index (χ1) is 8.63. The summed E-state index contributed by atoms with van der Waals surface area (Å²) in [5, 5.41) is 0. The molecule has 0 fully saturated rings. The van der Waals surface area contributed by atoms with Crippen molar-refractivity contribution in [3.05, 3.63) is 27.3 Å². The van der Waals surface area contributed by atoms with Gasteiger partial charge in [-0.1, -0.05) is 20.8 Å². The van der Waals surface area contributed by atoms with Gasteiger partial charge in [-0.25, -0.2) is 12.7 Å². The second-order valence-corrected chi connectivity index (χ2v) is 8.91. The summed E-state index contributed by atoms with van der Waals surface area (Å²) in [5.74, 6) is -0.407. The molecule has 6 heteroatoms. The Morgan fingerprint density at radius 3 is 2.47 bits per heavy atom. The van der Waals surface area contributed by atoms with E-state index >= 15 is 0 Å². The Balaban J connectivity index is 2.38. The Hall–Kier alpha value is -0.630. The van der Waals surface area contributed by atoms with Gasteiger partial charge >= 0.3 is 0 Å². The minimum Gasteiger partial charge on any atom is -0.268 e. The zero-order valence-electron chi connectivity index (χ0n) is 11.1. The zero-order valence-corrected chi connectivity index (χ0v) is 14.1. The topological polar surface area (TPSA) is 54.5 Å². The third-order valence-electron chi connectivity index (χ3n) is 3.03. The number of hydrogen-bond donors (Lipinski definition) is 0. The molecule has 0 N–H and O–H groups in total. The molecule has 0 spiro atoms. The molecule has 1 aromatic carbocycles. The molecule has 19 heavy (non-hydrogen) atoms. The van der Waals surface area contributed by atoms with Gasteiger partial charge in [-0.05, 0) is 52.6 Å². The van der Waals surface area contributed by atoms with E-state index in [-0.39, 0.29) is 22.4 Å². The Kier molecular flexibility index (Phi) is 3.68. The lowest BCUT2D eigenvalue weighted by Crippen LogP contribution is -2.32. The van der Waals surface area contributed by atoms with Crippen LogP contribution < -0.4 is 0 Å². The molecule has 0 bridgehead atoms. The predicted molar refractivity (Wildman–Crippen MR) is 81.5 cm³/mol. The maximum absolute atomic E-state index is 12.4. The number of halogens is 1. The first kappa shape index (κ1) is 14.8. The number of carbonyl (C=O) groups excluding carboxylic acids is 1. The second-order valence-electron chi connectivity index (χ2n) is 5.83. The number of amides is 1. The Labute approximate surface area is 127 Å². The number of sulfonamides is 1. The van der Waals surface area contributed by atoms with E-state index in [1.165, 1.54) is 0 Å². The molecule has 1 heterocycles. The first-order valence-electron chi connectivity index (χ1n) is 5.99. The highest BCUT2D eigenvalue weighted by atomic mass is 127. The molecular weight excluding hydrogens is 377 g/mol. The Morgan fingerprint density at radius 2 is 1.89 bits per heavy atom. The molecule has 0 atom stereocenters. The van der Waals surface area contributed by atoms with E-state index in [1.807, 2.05) is 43.4 Å². The number of fused-ring (bicyclic) bond motifs is 1. The van der Waals surface area contributed by atoms with E-state index in [1.54, 1.807) is 18.2 Å². The van der Waals surface area contributed by atoms with Gasteiger partial charge in [-0.2, -0.15) is 0 Å². The summed E-state index contributed by atoms with van der Waals surface area (Å²) in [5.41, 5.74) is 0.272. The van der Waals surface area contributed by atoms with Crippen LogP contribution in [0.1, 0.15) is 37.6 Å². The van der Waals surface area contributed by atoms with Gasteiger partial charge in [-0.15, -0.1) is 0 Å². The fourth-order valence-corrected chi connectivity index (χ4v) is 4.20. The lowest BCUT2D eigenvalue weighted by molar-refractivity contribution is 0.0862. The average molecular weight is 393 g/mol. The van der Waals surface area contributed by atoms with Crippen molar-refractivity contribution >= 4 is 38.5 Å². The predicted octanol–water partition coefficient (Wildman–Crippen LogP) is 2.87. The molecule has 2 rings (SSSR count). The second kappa shape index (κ2) is 4.73. The minimum absolute atomic E-state index is 0.0149. The fraction of sp³-hybridized carbons (Fsp3) is 0.462. The van der Waals surface area contributed by atoms with Crippen molar-refractivity contribution in [3.8, 4) is 0 Å². The number of hydrogen-bond acceptors (Lipinski definition) is 3. The summed E-state index contributed by atoms with van der Waals surface area (Å²) in [6.07, 6.45) is 0.642. The van der Waals surface area contributed by atoms with E-state index < -0.39 is 15.9 Å². The molecule has 0 aliphatic carbocycles. The zero-order chi connectivity index (χ0) is 14.4. The maximum atomic E-state index is 12.4. The summed E-state index contributed by atoms with van der Waals surface area (Å²) in [6.45, 7) is 6.30. The van der Waals surface area contributed by atoms with Crippen molar-refractivity contribution in [3.63, 3.8) is 0 Å². The summed E-state index contributed by atoms with van der Waals surface area (Å²) >= 11 is 2.04. The lowest BCUT2D eigenvalue weighted by Gasteiger charge is -2.22. The van der Waals surface area contributed by atoms with Crippen LogP contribution in [0.15, 0.2) is 23.1 Å². The van der Waals surface area contributed by atoms with Crippen LogP contribution in [-0.4, -0.2) is 25.2 Å². The molecule has 104 valence electrons. The molecular formula is C13H16INO3S. The molecule has 1 aliphatic rings. The van der Waals surface area contributed by atoms with Crippen molar-refractivity contribution in [1.82, 2.24) is 4.31 Å². The monoisotopic (exact) mass is 393 g/mol. The van der Waals surface area contributed by atoms with Gasteiger partial charge < -0.3 is 0 Å². The van der Waals surface area contributed by atoms with Gasteiger partial charge in [0.15, 0.2) is 0 Å². The van der Waals surface area contributed by atoms with Crippen LogP contribution in [0.5, 0.6) is 0 Å². The number of nitrogens with zero attached hydrogens (tertiary/aromatic N) is 1. The van der Waals surface area contributed by atoms with Crippen LogP contribution in [0.25, 0.3) is 0 Å². The highest BCUT2D eigenvalue weighted by Crippen LogP contribution is 2.32. The van der Waals surface area contributed by atoms with Crippen LogP contribution in [0, 0.1) is 8.99 Å². The van der Waals surface area contributed by atoms with Crippen LogP contribution >= 0.6 is 22.6 Å². The maximum Gasteiger partial charge on any atom is 0.269 e. The van der Waals surface area contributed by atoms with Gasteiger partial charge in [0.05, 0.1) is 5.56 Å². The van der Waals surface area contributed by atoms with Gasteiger partial charge in [0, 0.05) is 10.1 Å². The van der Waals surface area contributed by atoms with E-state index in [0.717, 1.165) is 7.88 Å². The SMILES string of the molecule is CC(C)(C)CCN1C(=O)c2ccc(I)cc2S1(=O)=O. The number of carbonyl (C=O) groups is 1. The molecule has 1 aliphatic heterocycles. The molecule has 0 saturated carbocycles. The molecule has 1 amide bonds. The summed E-state index contributed by atoms with van der Waals surface area (Å²) in [7, 11) is -3.66. The highest BCUT2D eigenvalue weighted by molar-refractivity contribution is 14.1. The van der Waals surface area contributed by atoms with Crippen molar-refractivity contribution in [2.75, 3.05) is 6.54 Å². The Bertz CT molecular complexity index is 632. The van der Waals surface area contributed by atoms with Crippen LogP contribution in [0.3, 0.4) is 0 Å². The average Bonchev–Trinajstić information content (AvgIpc) is 2.44. The van der Waals surface area contributed by atoms with Crippen LogP contribution in [-0.2, 0) is 10.0 Å². The third kappa shape index (κ3) is 2.79. The lowest BCUT2D eigenvalue weighted by atomic mass is 9.92. The van der Waals surface area contributed by atoms with E-state index in [0.29, 0.717) is 6.42 Å². The third-order valence-corrected chi connectivity index (χ3v) is 5.53. The smallest absolute Gasteiger partial charge is 0.268 e. The van der Waals surface area contributed by atoms with Crippen LogP contribution in [0.2, 0.25) is 0 Å². The first-order valence-corrected chi connectivity index (χ1v) is 8.51. The van der Waals surface area contributed by atoms with Gasteiger partial charge in [0.2, 0.25) is 0 Å². The fourth-order valence-electron chi connectivity index (χ4n) is 1.91. The molecule has 0 radical (unpaired) electrons. The molecule has 0 saturated heterocycles. The van der Waals surface area contributed by atoms with Gasteiger partial charge in [-0.3, -0.25) is 4.79 Å². The number of benzene rings is 1. The van der Waals surface area contributed by atoms with Crippen molar-refractivity contribution < 1.29 is 13.2 Å². The van der Waals surface area contributed by atoms with E-state index in [2.05, 4.69) is 0 Å². The summed E-state index contributed by atoms with van der Waals surface area (Å²) in [4.78, 5) is 12.3. The largest absolute Gasteiger partial charge is 0.269 e. The Morgan fingerprint density at radius 1 is 1.26 bits per heavy atom. The molecule has 4 nitrogen and oxygen atoms in total. The quantitative estimate of drug-likeness (QED) is 0.727. The summed E-state index contributed by atoms with van der Waals surface area (Å²) < 4.78 is 26.5. The molecule has 0 unspecified atom stereocenters. The number of rotatable bonds is 2. The van der Waals surface area contributed by atoms with Crippen molar-refractivity contribution in [2.24, 2.45) is 5.41 Å².